The van der Waals surface area contributed by atoms with E-state index >= 15 is 0 Å². The summed E-state index contributed by atoms with van der Waals surface area (Å²) in [6.07, 6.45) is 1.47. The van der Waals surface area contributed by atoms with E-state index in [0.717, 1.165) is 11.3 Å². The van der Waals surface area contributed by atoms with Gasteiger partial charge in [-0.25, -0.2) is 13.2 Å². The number of rotatable bonds is 10. The molecule has 15 heteroatoms. The Labute approximate surface area is 226 Å². The van der Waals surface area contributed by atoms with Crippen LogP contribution in [0.5, 0.6) is 5.75 Å². The maximum atomic E-state index is 13.0. The molecule has 3 N–H and O–H groups in total. The lowest BCUT2D eigenvalue weighted by Gasteiger charge is -2.31. The number of esters is 1. The number of carbonyl (C=O) groups is 1. The fourth-order valence-corrected chi connectivity index (χ4v) is 7.78. The number of ether oxygens (including phenoxy) is 1. The van der Waals surface area contributed by atoms with E-state index < -0.39 is 48.1 Å². The Hall–Kier alpha value is -2.88. The molecule has 3 heterocycles. The van der Waals surface area contributed by atoms with Crippen molar-refractivity contribution >= 4 is 48.9 Å². The minimum atomic E-state index is -4.51. The molecule has 0 unspecified atom stereocenters. The first kappa shape index (κ1) is 29.7. The summed E-state index contributed by atoms with van der Waals surface area (Å²) in [6.45, 7) is 10.9. The first-order chi connectivity index (χ1) is 17.7. The fourth-order valence-electron chi connectivity index (χ4n) is 3.80. The number of sulfonamides is 2. The third kappa shape index (κ3) is 5.75. The van der Waals surface area contributed by atoms with Crippen molar-refractivity contribution < 1.29 is 35.9 Å². The van der Waals surface area contributed by atoms with Crippen molar-refractivity contribution in [1.29, 1.82) is 0 Å². The molecule has 0 aliphatic carbocycles. The van der Waals surface area contributed by atoms with Gasteiger partial charge in [0.25, 0.3) is 20.0 Å². The number of aromatic hydroxyl groups is 1. The Morgan fingerprint density at radius 3 is 2.45 bits per heavy atom. The van der Waals surface area contributed by atoms with Gasteiger partial charge in [-0.3, -0.25) is 0 Å². The van der Waals surface area contributed by atoms with Crippen LogP contribution in [0, 0.1) is 5.41 Å². The summed E-state index contributed by atoms with van der Waals surface area (Å²) in [5, 5.41) is 17.9. The molecule has 0 saturated carbocycles. The van der Waals surface area contributed by atoms with Crippen LogP contribution in [0.1, 0.15) is 53.3 Å². The number of thiophene rings is 1. The molecule has 1 atom stereocenters. The second-order valence-electron chi connectivity index (χ2n) is 9.30. The van der Waals surface area contributed by atoms with Gasteiger partial charge in [-0.15, -0.1) is 15.7 Å². The van der Waals surface area contributed by atoms with Crippen LogP contribution in [0.2, 0.25) is 0 Å². The van der Waals surface area contributed by atoms with E-state index in [1.807, 2.05) is 20.8 Å². The monoisotopic (exact) mass is 588 g/mol. The van der Waals surface area contributed by atoms with Crippen LogP contribution in [-0.2, 0) is 29.6 Å². The second kappa shape index (κ2) is 11.1. The van der Waals surface area contributed by atoms with E-state index in [1.54, 1.807) is 26.0 Å². The van der Waals surface area contributed by atoms with Crippen molar-refractivity contribution in [2.75, 3.05) is 25.0 Å². The van der Waals surface area contributed by atoms with Crippen molar-refractivity contribution in [3.63, 3.8) is 0 Å². The zero-order valence-corrected chi connectivity index (χ0v) is 24.4. The van der Waals surface area contributed by atoms with Crippen LogP contribution in [0.25, 0.3) is 0 Å². The average molecular weight is 589 g/mol. The molecule has 2 aromatic heterocycles. The van der Waals surface area contributed by atoms with E-state index in [2.05, 4.69) is 15.0 Å². The van der Waals surface area contributed by atoms with Gasteiger partial charge in [0.1, 0.15) is 11.5 Å². The lowest BCUT2D eigenvalue weighted by Crippen LogP contribution is -2.36. The highest BCUT2D eigenvalue weighted by molar-refractivity contribution is 7.95. The van der Waals surface area contributed by atoms with Gasteiger partial charge in [-0.1, -0.05) is 34.6 Å². The molecule has 0 amide bonds. The van der Waals surface area contributed by atoms with E-state index in [9.17, 15) is 26.7 Å². The highest BCUT2D eigenvalue weighted by atomic mass is 32.2. The first-order valence-corrected chi connectivity index (χ1v) is 15.6. The molecule has 0 bridgehead atoms. The van der Waals surface area contributed by atoms with E-state index in [-0.39, 0.29) is 41.1 Å². The number of anilines is 1. The van der Waals surface area contributed by atoms with Crippen molar-refractivity contribution in [3.8, 4) is 5.75 Å². The minimum absolute atomic E-state index is 0.0767. The van der Waals surface area contributed by atoms with Crippen molar-refractivity contribution in [1.82, 2.24) is 9.62 Å². The average Bonchev–Trinajstić information content (AvgIpc) is 3.51. The summed E-state index contributed by atoms with van der Waals surface area (Å²) >= 11 is 0.768. The summed E-state index contributed by atoms with van der Waals surface area (Å²) < 4.78 is 67.1. The standard InChI is InChI=1S/C23H32N4O8S3/c1-7-27(8-2)38(32,33)22-17(28)14(13-36-22)24-20-16(18(21(29)34-9-3)37(30,31)26-20)25-19(23(4,5)6)15-11-10-12-35-15/h10-13,19,25,28H,7-9H2,1-6H3,(H,24,26)/t19-/m0/s1. The largest absolute Gasteiger partial charge is 0.504 e. The summed E-state index contributed by atoms with van der Waals surface area (Å²) in [4.78, 5) is 12.1. The van der Waals surface area contributed by atoms with Crippen LogP contribution in [0.3, 0.4) is 0 Å². The van der Waals surface area contributed by atoms with E-state index in [4.69, 9.17) is 9.15 Å². The van der Waals surface area contributed by atoms with Crippen molar-refractivity contribution in [2.45, 2.75) is 51.8 Å². The molecule has 0 saturated heterocycles. The Morgan fingerprint density at radius 2 is 1.92 bits per heavy atom. The lowest BCUT2D eigenvalue weighted by molar-refractivity contribution is -0.137. The zero-order chi connectivity index (χ0) is 28.5. The number of furan rings is 1. The van der Waals surface area contributed by atoms with E-state index in [1.165, 1.54) is 22.9 Å². The topological polar surface area (TPSA) is 168 Å². The molecule has 0 radical (unpaired) electrons. The summed E-state index contributed by atoms with van der Waals surface area (Å²) in [6, 6.07) is 2.76. The molecule has 0 fully saturated rings. The minimum Gasteiger partial charge on any atom is -0.504 e. The lowest BCUT2D eigenvalue weighted by atomic mass is 9.85. The second-order valence-corrected chi connectivity index (χ2v) is 13.9. The molecule has 1 aliphatic rings. The maximum Gasteiger partial charge on any atom is 0.354 e. The fraction of sp³-hybridized carbons (Fsp3) is 0.478. The van der Waals surface area contributed by atoms with Gasteiger partial charge >= 0.3 is 5.97 Å². The first-order valence-electron chi connectivity index (χ1n) is 11.8. The molecular weight excluding hydrogens is 556 g/mol. The van der Waals surface area contributed by atoms with Gasteiger partial charge in [0.05, 0.1) is 24.6 Å². The SMILES string of the molecule is CCOC(=O)C1=C(N[C@@H](c2ccco2)C(C)(C)C)C(Nc2csc(S(=O)(=O)N(CC)CC)c2O)=NS1(=O)=O. The van der Waals surface area contributed by atoms with Crippen LogP contribution < -0.4 is 10.6 Å². The third-order valence-corrected chi connectivity index (χ3v) is 10.5. The molecular formula is C23H32N4O8S3. The number of amidine groups is 1. The summed E-state index contributed by atoms with van der Waals surface area (Å²) in [5.74, 6) is -1.54. The molecule has 210 valence electrons. The smallest absolute Gasteiger partial charge is 0.354 e. The van der Waals surface area contributed by atoms with Crippen molar-refractivity contribution in [2.24, 2.45) is 9.81 Å². The van der Waals surface area contributed by atoms with Gasteiger partial charge in [-0.2, -0.15) is 12.7 Å². The number of nitrogens with zero attached hydrogens (tertiary/aromatic N) is 2. The Kier molecular flexibility index (Phi) is 8.65. The molecule has 0 spiro atoms. The van der Waals surface area contributed by atoms with Crippen LogP contribution in [-0.4, -0.2) is 57.7 Å². The van der Waals surface area contributed by atoms with Crippen LogP contribution >= 0.6 is 11.3 Å². The number of carbonyl (C=O) groups excluding carboxylic acids is 1. The molecule has 3 rings (SSSR count). The third-order valence-electron chi connectivity index (χ3n) is 5.64. The molecule has 12 nitrogen and oxygen atoms in total. The zero-order valence-electron chi connectivity index (χ0n) is 21.9. The van der Waals surface area contributed by atoms with Crippen LogP contribution in [0.15, 0.2) is 47.4 Å². The molecule has 1 aliphatic heterocycles. The van der Waals surface area contributed by atoms with Gasteiger partial charge in [0.15, 0.2) is 15.8 Å². The van der Waals surface area contributed by atoms with Gasteiger partial charge in [0.2, 0.25) is 4.91 Å². The summed E-state index contributed by atoms with van der Waals surface area (Å²) in [7, 11) is -8.50. The maximum absolute atomic E-state index is 13.0. The quantitative estimate of drug-likeness (QED) is 0.350. The predicted molar refractivity (Wildman–Crippen MR) is 144 cm³/mol. The highest BCUT2D eigenvalue weighted by Gasteiger charge is 2.42. The normalized spacial score (nSPS) is 16.4. The van der Waals surface area contributed by atoms with Gasteiger partial charge in [-0.05, 0) is 24.5 Å². The van der Waals surface area contributed by atoms with Gasteiger partial charge < -0.3 is 24.9 Å². The molecule has 38 heavy (non-hydrogen) atoms. The number of nitrogens with one attached hydrogen (secondary N) is 2. The Morgan fingerprint density at radius 1 is 1.26 bits per heavy atom. The predicted octanol–water partition coefficient (Wildman–Crippen LogP) is 3.38. The van der Waals surface area contributed by atoms with Crippen molar-refractivity contribution in [3.05, 3.63) is 40.1 Å². The molecule has 0 aromatic carbocycles. The Balaban J connectivity index is 2.11. The Bertz CT molecular complexity index is 1450. The highest BCUT2D eigenvalue weighted by Crippen LogP contribution is 2.41. The summed E-state index contributed by atoms with van der Waals surface area (Å²) in [5.41, 5.74) is -0.819. The molecule has 2 aromatic rings. The van der Waals surface area contributed by atoms with Crippen LogP contribution in [0.4, 0.5) is 5.69 Å². The van der Waals surface area contributed by atoms with Gasteiger partial charge in [0, 0.05) is 18.5 Å². The number of hydrogen-bond acceptors (Lipinski definition) is 11. The number of hydrogen-bond donors (Lipinski definition) is 3. The van der Waals surface area contributed by atoms with E-state index in [0.29, 0.717) is 5.76 Å².